The molecule has 4 N–H and O–H groups in total. The van der Waals surface area contributed by atoms with E-state index >= 15 is 0 Å². The minimum Gasteiger partial charge on any atom is -0.399 e. The summed E-state index contributed by atoms with van der Waals surface area (Å²) in [6.07, 6.45) is 1.91. The van der Waals surface area contributed by atoms with Crippen LogP contribution in [-0.2, 0) is 18.4 Å². The first-order chi connectivity index (χ1) is 10.1. The zero-order valence-corrected chi connectivity index (χ0v) is 11.8. The first-order valence-corrected chi connectivity index (χ1v) is 6.57. The van der Waals surface area contributed by atoms with Crippen molar-refractivity contribution in [1.29, 1.82) is 0 Å². The molecule has 2 rings (SSSR count). The van der Waals surface area contributed by atoms with Gasteiger partial charge in [0.25, 0.3) is 5.91 Å². The number of hydrogen-bond donors (Lipinski definition) is 3. The van der Waals surface area contributed by atoms with Crippen molar-refractivity contribution < 1.29 is 9.59 Å². The maximum atomic E-state index is 11.8. The molecule has 21 heavy (non-hydrogen) atoms. The van der Waals surface area contributed by atoms with Gasteiger partial charge >= 0.3 is 0 Å². The molecular formula is C15H18N4O2. The van der Waals surface area contributed by atoms with Crippen LogP contribution in [0.15, 0.2) is 42.6 Å². The van der Waals surface area contributed by atoms with E-state index in [1.807, 2.05) is 29.9 Å². The Balaban J connectivity index is 1.77. The molecule has 1 aromatic carbocycles. The number of amides is 2. The number of carbonyl (C=O) groups is 2. The lowest BCUT2D eigenvalue weighted by atomic mass is 10.2. The van der Waals surface area contributed by atoms with Crippen LogP contribution in [0, 0.1) is 0 Å². The predicted octanol–water partition coefficient (Wildman–Crippen LogP) is 0.653. The lowest BCUT2D eigenvalue weighted by Crippen LogP contribution is -2.36. The van der Waals surface area contributed by atoms with Crippen molar-refractivity contribution in [3.8, 4) is 0 Å². The van der Waals surface area contributed by atoms with Crippen molar-refractivity contribution in [3.05, 3.63) is 53.9 Å². The monoisotopic (exact) mass is 286 g/mol. The van der Waals surface area contributed by atoms with Gasteiger partial charge in [-0.25, -0.2) is 0 Å². The molecule has 0 bridgehead atoms. The van der Waals surface area contributed by atoms with Gasteiger partial charge in [0.05, 0.1) is 13.1 Å². The number of aryl methyl sites for hydroxylation is 1. The summed E-state index contributed by atoms with van der Waals surface area (Å²) in [5, 5.41) is 5.31. The van der Waals surface area contributed by atoms with E-state index in [1.165, 1.54) is 0 Å². The smallest absolute Gasteiger partial charge is 0.251 e. The summed E-state index contributed by atoms with van der Waals surface area (Å²) < 4.78 is 1.92. The molecule has 0 aliphatic carbocycles. The van der Waals surface area contributed by atoms with E-state index in [-0.39, 0.29) is 18.4 Å². The Labute approximate surface area is 122 Å². The van der Waals surface area contributed by atoms with Crippen LogP contribution < -0.4 is 16.4 Å². The van der Waals surface area contributed by atoms with Crippen LogP contribution in [0.25, 0.3) is 0 Å². The molecule has 2 amide bonds. The second-order valence-corrected chi connectivity index (χ2v) is 4.69. The van der Waals surface area contributed by atoms with Gasteiger partial charge in [-0.3, -0.25) is 9.59 Å². The zero-order valence-electron chi connectivity index (χ0n) is 11.8. The lowest BCUT2D eigenvalue weighted by molar-refractivity contribution is -0.120. The summed E-state index contributed by atoms with van der Waals surface area (Å²) in [6, 6.07) is 10.4. The molecule has 0 atom stereocenters. The predicted molar refractivity (Wildman–Crippen MR) is 80.4 cm³/mol. The Kier molecular flexibility index (Phi) is 4.61. The number of nitrogens with zero attached hydrogens (tertiary/aromatic N) is 1. The van der Waals surface area contributed by atoms with Crippen molar-refractivity contribution in [2.45, 2.75) is 6.54 Å². The van der Waals surface area contributed by atoms with E-state index in [9.17, 15) is 9.59 Å². The first-order valence-electron chi connectivity index (χ1n) is 6.57. The third-order valence-electron chi connectivity index (χ3n) is 3.10. The topological polar surface area (TPSA) is 89.2 Å². The zero-order chi connectivity index (χ0) is 15.2. The standard InChI is InChI=1S/C15H18N4O2/c1-19-8-2-3-13(19)9-17-14(20)10-18-15(21)11-4-6-12(16)7-5-11/h2-8H,9-10,16H2,1H3,(H,17,20)(H,18,21). The maximum Gasteiger partial charge on any atom is 0.251 e. The van der Waals surface area contributed by atoms with Gasteiger partial charge in [0.1, 0.15) is 0 Å². The molecule has 0 saturated carbocycles. The van der Waals surface area contributed by atoms with Crippen LogP contribution in [0.3, 0.4) is 0 Å². The van der Waals surface area contributed by atoms with Gasteiger partial charge in [0.15, 0.2) is 0 Å². The number of aromatic nitrogens is 1. The van der Waals surface area contributed by atoms with Gasteiger partial charge in [-0.05, 0) is 36.4 Å². The van der Waals surface area contributed by atoms with E-state index in [1.54, 1.807) is 24.3 Å². The SMILES string of the molecule is Cn1cccc1CNC(=O)CNC(=O)c1ccc(N)cc1. The van der Waals surface area contributed by atoms with Crippen LogP contribution >= 0.6 is 0 Å². The van der Waals surface area contributed by atoms with Crippen LogP contribution in [0.2, 0.25) is 0 Å². The molecule has 0 fully saturated rings. The summed E-state index contributed by atoms with van der Waals surface area (Å²) in [6.45, 7) is 0.369. The highest BCUT2D eigenvalue weighted by Gasteiger charge is 2.08. The second kappa shape index (κ2) is 6.60. The first kappa shape index (κ1) is 14.6. The van der Waals surface area contributed by atoms with E-state index in [0.29, 0.717) is 17.8 Å². The van der Waals surface area contributed by atoms with Crippen molar-refractivity contribution in [3.63, 3.8) is 0 Å². The van der Waals surface area contributed by atoms with Crippen LogP contribution in [0.1, 0.15) is 16.1 Å². The minimum atomic E-state index is -0.302. The minimum absolute atomic E-state index is 0.0619. The second-order valence-electron chi connectivity index (χ2n) is 4.69. The molecule has 0 radical (unpaired) electrons. The van der Waals surface area contributed by atoms with Crippen molar-refractivity contribution >= 4 is 17.5 Å². The molecule has 2 aromatic rings. The number of anilines is 1. The highest BCUT2D eigenvalue weighted by Crippen LogP contribution is 2.04. The molecule has 0 unspecified atom stereocenters. The van der Waals surface area contributed by atoms with Gasteiger partial charge in [0.2, 0.25) is 5.91 Å². The molecule has 1 aromatic heterocycles. The average Bonchev–Trinajstić information content (AvgIpc) is 2.88. The number of carbonyl (C=O) groups excluding carboxylic acids is 2. The van der Waals surface area contributed by atoms with Gasteiger partial charge in [-0.1, -0.05) is 0 Å². The third kappa shape index (κ3) is 4.10. The Bertz CT molecular complexity index is 631. The summed E-state index contributed by atoms with van der Waals surface area (Å²) in [7, 11) is 1.91. The molecule has 0 saturated heterocycles. The Morgan fingerprint density at radius 1 is 1.14 bits per heavy atom. The summed E-state index contributed by atoms with van der Waals surface area (Å²) in [5.41, 5.74) is 7.60. The van der Waals surface area contributed by atoms with E-state index in [4.69, 9.17) is 5.73 Å². The number of nitrogen functional groups attached to an aromatic ring is 1. The molecule has 1 heterocycles. The number of rotatable bonds is 5. The highest BCUT2D eigenvalue weighted by atomic mass is 16.2. The molecule has 0 aliphatic rings. The number of nitrogens with one attached hydrogen (secondary N) is 2. The van der Waals surface area contributed by atoms with Gasteiger partial charge in [-0.2, -0.15) is 0 Å². The van der Waals surface area contributed by atoms with Crippen LogP contribution in [0.5, 0.6) is 0 Å². The van der Waals surface area contributed by atoms with Gasteiger partial charge < -0.3 is 20.9 Å². The van der Waals surface area contributed by atoms with Gasteiger partial charge in [-0.15, -0.1) is 0 Å². The molecule has 110 valence electrons. The number of nitrogens with two attached hydrogens (primary N) is 1. The van der Waals surface area contributed by atoms with Crippen LogP contribution in [0.4, 0.5) is 5.69 Å². The number of benzene rings is 1. The van der Waals surface area contributed by atoms with Crippen molar-refractivity contribution in [2.75, 3.05) is 12.3 Å². The molecule has 6 nitrogen and oxygen atoms in total. The molecule has 0 aliphatic heterocycles. The quantitative estimate of drug-likeness (QED) is 0.705. The molecule has 0 spiro atoms. The number of hydrogen-bond acceptors (Lipinski definition) is 3. The van der Waals surface area contributed by atoms with Gasteiger partial charge in [0, 0.05) is 30.2 Å². The van der Waals surface area contributed by atoms with Crippen LogP contribution in [-0.4, -0.2) is 22.9 Å². The van der Waals surface area contributed by atoms with Crippen molar-refractivity contribution in [1.82, 2.24) is 15.2 Å². The normalized spacial score (nSPS) is 10.1. The Morgan fingerprint density at radius 3 is 2.48 bits per heavy atom. The fourth-order valence-corrected chi connectivity index (χ4v) is 1.83. The fourth-order valence-electron chi connectivity index (χ4n) is 1.83. The van der Waals surface area contributed by atoms with Crippen molar-refractivity contribution in [2.24, 2.45) is 7.05 Å². The Morgan fingerprint density at radius 2 is 1.86 bits per heavy atom. The molecule has 6 heteroatoms. The largest absolute Gasteiger partial charge is 0.399 e. The fraction of sp³-hybridized carbons (Fsp3) is 0.200. The summed E-state index contributed by atoms with van der Waals surface area (Å²) >= 11 is 0. The third-order valence-corrected chi connectivity index (χ3v) is 3.10. The van der Waals surface area contributed by atoms with E-state index in [2.05, 4.69) is 10.6 Å². The average molecular weight is 286 g/mol. The summed E-state index contributed by atoms with van der Waals surface area (Å²) in [5.74, 6) is -0.538. The molecular weight excluding hydrogens is 268 g/mol. The lowest BCUT2D eigenvalue weighted by Gasteiger charge is -2.08. The van der Waals surface area contributed by atoms with E-state index < -0.39 is 0 Å². The van der Waals surface area contributed by atoms with E-state index in [0.717, 1.165) is 5.69 Å². The summed E-state index contributed by atoms with van der Waals surface area (Å²) in [4.78, 5) is 23.5. The maximum absolute atomic E-state index is 11.8. The Hall–Kier alpha value is -2.76. The highest BCUT2D eigenvalue weighted by molar-refractivity contribution is 5.96.